The fraction of sp³-hybridized carbons (Fsp3) is 1.00. The van der Waals surface area contributed by atoms with Crippen molar-refractivity contribution in [2.24, 2.45) is 23.2 Å². The molecule has 2 fully saturated rings. The van der Waals surface area contributed by atoms with Crippen molar-refractivity contribution in [1.29, 1.82) is 0 Å². The summed E-state index contributed by atoms with van der Waals surface area (Å²) in [7, 11) is 0. The highest BCUT2D eigenvalue weighted by Crippen LogP contribution is 2.55. The van der Waals surface area contributed by atoms with E-state index in [-0.39, 0.29) is 0 Å². The Morgan fingerprint density at radius 1 is 1.25 bits per heavy atom. The van der Waals surface area contributed by atoms with Crippen LogP contribution in [0, 0.1) is 23.2 Å². The molecule has 0 spiro atoms. The molecule has 2 rings (SSSR count). The van der Waals surface area contributed by atoms with E-state index in [1.807, 2.05) is 0 Å². The van der Waals surface area contributed by atoms with Crippen molar-refractivity contribution in [1.82, 2.24) is 0 Å². The lowest BCUT2D eigenvalue weighted by Crippen LogP contribution is -2.37. The van der Waals surface area contributed by atoms with E-state index >= 15 is 0 Å². The Morgan fingerprint density at radius 3 is 2.25 bits per heavy atom. The summed E-state index contributed by atoms with van der Waals surface area (Å²) in [5, 5.41) is 0. The minimum atomic E-state index is 0.760. The molecule has 2 aliphatic rings. The topological polar surface area (TPSA) is 0 Å². The third-order valence-corrected chi connectivity index (χ3v) is 3.93. The zero-order valence-electron chi connectivity index (χ0n) is 8.77. The monoisotopic (exact) mass is 166 g/mol. The zero-order valence-corrected chi connectivity index (χ0v) is 8.77. The molecule has 12 heavy (non-hydrogen) atoms. The predicted molar refractivity (Wildman–Crippen MR) is 53.0 cm³/mol. The lowest BCUT2D eigenvalue weighted by Gasteiger charge is -2.48. The Morgan fingerprint density at radius 2 is 1.83 bits per heavy atom. The molecule has 0 aromatic rings. The summed E-state index contributed by atoms with van der Waals surface area (Å²) in [5.74, 6) is 3.11. The lowest BCUT2D eigenvalue weighted by molar-refractivity contribution is 0.0300. The molecule has 0 heterocycles. The normalized spacial score (nSPS) is 41.5. The van der Waals surface area contributed by atoms with Gasteiger partial charge < -0.3 is 0 Å². The SMILES string of the molecule is CC(C)C1CC(C)(CC2CC2)C1. The van der Waals surface area contributed by atoms with Gasteiger partial charge in [-0.3, -0.25) is 0 Å². The van der Waals surface area contributed by atoms with Gasteiger partial charge in [-0.2, -0.15) is 0 Å². The summed E-state index contributed by atoms with van der Waals surface area (Å²) in [6.07, 6.45) is 7.63. The molecule has 0 N–H and O–H groups in total. The van der Waals surface area contributed by atoms with Crippen LogP contribution in [0.2, 0.25) is 0 Å². The maximum absolute atomic E-state index is 2.50. The van der Waals surface area contributed by atoms with Gasteiger partial charge in [0.05, 0.1) is 0 Å². The quantitative estimate of drug-likeness (QED) is 0.597. The molecule has 0 atom stereocenters. The van der Waals surface area contributed by atoms with E-state index in [9.17, 15) is 0 Å². The molecular weight excluding hydrogens is 144 g/mol. The molecule has 0 unspecified atom stereocenters. The van der Waals surface area contributed by atoms with Crippen LogP contribution in [0.4, 0.5) is 0 Å². The molecule has 0 aromatic carbocycles. The second-order valence-electron chi connectivity index (χ2n) is 5.87. The molecule has 0 saturated heterocycles. The predicted octanol–water partition coefficient (Wildman–Crippen LogP) is 3.86. The molecule has 0 amide bonds. The zero-order chi connectivity index (χ0) is 8.77. The second kappa shape index (κ2) is 2.75. The maximum Gasteiger partial charge on any atom is -0.0318 e. The Labute approximate surface area is 76.7 Å². The van der Waals surface area contributed by atoms with Gasteiger partial charge in [0.2, 0.25) is 0 Å². The van der Waals surface area contributed by atoms with Gasteiger partial charge in [-0.1, -0.05) is 33.6 Å². The van der Waals surface area contributed by atoms with E-state index in [1.165, 1.54) is 32.1 Å². The fourth-order valence-electron chi connectivity index (χ4n) is 2.86. The fourth-order valence-corrected chi connectivity index (χ4v) is 2.86. The average molecular weight is 166 g/mol. The van der Waals surface area contributed by atoms with E-state index in [1.54, 1.807) is 0 Å². The standard InChI is InChI=1S/C12H22/c1-9(2)11-7-12(3,8-11)6-10-4-5-10/h9-11H,4-8H2,1-3H3. The van der Waals surface area contributed by atoms with Gasteiger partial charge in [-0.15, -0.1) is 0 Å². The summed E-state index contributed by atoms with van der Waals surface area (Å²) >= 11 is 0. The van der Waals surface area contributed by atoms with Crippen LogP contribution in [0.5, 0.6) is 0 Å². The first-order valence-electron chi connectivity index (χ1n) is 5.59. The first-order valence-corrected chi connectivity index (χ1v) is 5.59. The van der Waals surface area contributed by atoms with Crippen LogP contribution < -0.4 is 0 Å². The molecule has 0 aromatic heterocycles. The summed E-state index contributed by atoms with van der Waals surface area (Å²) in [6, 6.07) is 0. The summed E-state index contributed by atoms with van der Waals surface area (Å²) in [4.78, 5) is 0. The van der Waals surface area contributed by atoms with E-state index in [0.29, 0.717) is 0 Å². The summed E-state index contributed by atoms with van der Waals surface area (Å²) in [6.45, 7) is 7.26. The van der Waals surface area contributed by atoms with Crippen molar-refractivity contribution in [2.45, 2.75) is 52.9 Å². The number of rotatable bonds is 3. The Bertz CT molecular complexity index is 159. The molecular formula is C12H22. The van der Waals surface area contributed by atoms with Gasteiger partial charge in [0.25, 0.3) is 0 Å². The lowest BCUT2D eigenvalue weighted by atomic mass is 9.58. The van der Waals surface area contributed by atoms with Crippen molar-refractivity contribution in [3.8, 4) is 0 Å². The van der Waals surface area contributed by atoms with Gasteiger partial charge in [0, 0.05) is 0 Å². The molecule has 0 radical (unpaired) electrons. The molecule has 0 aliphatic heterocycles. The first kappa shape index (κ1) is 8.59. The van der Waals surface area contributed by atoms with Crippen molar-refractivity contribution < 1.29 is 0 Å². The number of hydrogen-bond donors (Lipinski definition) is 0. The van der Waals surface area contributed by atoms with E-state index in [0.717, 1.165) is 23.2 Å². The molecule has 2 aliphatic carbocycles. The van der Waals surface area contributed by atoms with Gasteiger partial charge in [-0.05, 0) is 42.4 Å². The van der Waals surface area contributed by atoms with E-state index < -0.39 is 0 Å². The van der Waals surface area contributed by atoms with Crippen molar-refractivity contribution >= 4 is 0 Å². The van der Waals surface area contributed by atoms with Crippen LogP contribution in [0.1, 0.15) is 52.9 Å². The number of hydrogen-bond acceptors (Lipinski definition) is 0. The first-order chi connectivity index (χ1) is 5.59. The average Bonchev–Trinajstić information content (AvgIpc) is 2.65. The van der Waals surface area contributed by atoms with Crippen molar-refractivity contribution in [2.75, 3.05) is 0 Å². The van der Waals surface area contributed by atoms with Crippen LogP contribution in [-0.2, 0) is 0 Å². The van der Waals surface area contributed by atoms with Crippen molar-refractivity contribution in [3.63, 3.8) is 0 Å². The Kier molecular flexibility index (Phi) is 1.97. The molecule has 0 heteroatoms. The van der Waals surface area contributed by atoms with Gasteiger partial charge in [0.15, 0.2) is 0 Å². The molecule has 70 valence electrons. The smallest absolute Gasteiger partial charge is 0.0318 e. The van der Waals surface area contributed by atoms with Crippen LogP contribution in [0.3, 0.4) is 0 Å². The summed E-state index contributed by atoms with van der Waals surface area (Å²) in [5.41, 5.74) is 0.760. The highest BCUT2D eigenvalue weighted by Gasteiger charge is 2.44. The summed E-state index contributed by atoms with van der Waals surface area (Å²) < 4.78 is 0. The van der Waals surface area contributed by atoms with Crippen LogP contribution in [0.25, 0.3) is 0 Å². The third-order valence-electron chi connectivity index (χ3n) is 3.93. The van der Waals surface area contributed by atoms with Gasteiger partial charge in [-0.25, -0.2) is 0 Å². The van der Waals surface area contributed by atoms with E-state index in [4.69, 9.17) is 0 Å². The van der Waals surface area contributed by atoms with Crippen LogP contribution >= 0.6 is 0 Å². The molecule has 0 bridgehead atoms. The molecule has 0 nitrogen and oxygen atoms in total. The molecule has 2 saturated carbocycles. The highest BCUT2D eigenvalue weighted by atomic mass is 14.5. The second-order valence-corrected chi connectivity index (χ2v) is 5.87. The minimum Gasteiger partial charge on any atom is -0.0625 e. The van der Waals surface area contributed by atoms with Crippen LogP contribution in [0.15, 0.2) is 0 Å². The van der Waals surface area contributed by atoms with Crippen molar-refractivity contribution in [3.05, 3.63) is 0 Å². The third kappa shape index (κ3) is 1.67. The van der Waals surface area contributed by atoms with Gasteiger partial charge in [0.1, 0.15) is 0 Å². The minimum absolute atomic E-state index is 0.760. The highest BCUT2D eigenvalue weighted by molar-refractivity contribution is 4.94. The Balaban J connectivity index is 1.76. The largest absolute Gasteiger partial charge is 0.0625 e. The maximum atomic E-state index is 2.50. The van der Waals surface area contributed by atoms with Crippen LogP contribution in [-0.4, -0.2) is 0 Å². The Hall–Kier alpha value is 0. The van der Waals surface area contributed by atoms with Gasteiger partial charge >= 0.3 is 0 Å². The van der Waals surface area contributed by atoms with E-state index in [2.05, 4.69) is 20.8 Å².